The lowest BCUT2D eigenvalue weighted by molar-refractivity contribution is 0.460. The zero-order chi connectivity index (χ0) is 12.4. The van der Waals surface area contributed by atoms with Crippen LogP contribution in [0.4, 0.5) is 5.82 Å². The first-order chi connectivity index (χ1) is 8.83. The van der Waals surface area contributed by atoms with Crippen LogP contribution in [0.15, 0.2) is 30.3 Å². The average Bonchev–Trinajstić information content (AvgIpc) is 2.87. The topological polar surface area (TPSA) is 66.7 Å². The predicted octanol–water partition coefficient (Wildman–Crippen LogP) is 2.13. The van der Waals surface area contributed by atoms with Gasteiger partial charge in [-0.3, -0.25) is 5.10 Å². The van der Waals surface area contributed by atoms with Crippen LogP contribution in [-0.4, -0.2) is 23.3 Å². The molecular formula is C14H18N4. The van der Waals surface area contributed by atoms with Crippen LogP contribution in [0.2, 0.25) is 0 Å². The van der Waals surface area contributed by atoms with Crippen LogP contribution in [0.3, 0.4) is 0 Å². The second-order valence-corrected chi connectivity index (χ2v) is 4.85. The molecule has 1 aliphatic heterocycles. The van der Waals surface area contributed by atoms with Crippen molar-refractivity contribution in [2.45, 2.75) is 18.8 Å². The Balaban J connectivity index is 1.80. The van der Waals surface area contributed by atoms with E-state index in [1.807, 2.05) is 6.07 Å². The van der Waals surface area contributed by atoms with E-state index in [-0.39, 0.29) is 0 Å². The lowest BCUT2D eigenvalue weighted by Crippen LogP contribution is -2.26. The molecule has 2 heterocycles. The van der Waals surface area contributed by atoms with Crippen LogP contribution in [0, 0.1) is 0 Å². The first-order valence-electron chi connectivity index (χ1n) is 6.45. The summed E-state index contributed by atoms with van der Waals surface area (Å²) in [6.45, 7) is 2.26. The fourth-order valence-electron chi connectivity index (χ4n) is 2.58. The molecule has 1 aromatic heterocycles. The van der Waals surface area contributed by atoms with Gasteiger partial charge >= 0.3 is 0 Å². The lowest BCUT2D eigenvalue weighted by Gasteiger charge is -2.23. The summed E-state index contributed by atoms with van der Waals surface area (Å²) in [4.78, 5) is 0. The SMILES string of the molecule is Nc1cc(-c2ccc(C3CCNCC3)cc2)[nH]n1. The van der Waals surface area contributed by atoms with E-state index < -0.39 is 0 Å². The number of aromatic nitrogens is 2. The van der Waals surface area contributed by atoms with Gasteiger partial charge in [-0.15, -0.1) is 0 Å². The van der Waals surface area contributed by atoms with Gasteiger partial charge in [0.15, 0.2) is 0 Å². The Morgan fingerprint density at radius 3 is 2.44 bits per heavy atom. The van der Waals surface area contributed by atoms with Gasteiger partial charge < -0.3 is 11.1 Å². The minimum Gasteiger partial charge on any atom is -0.382 e. The highest BCUT2D eigenvalue weighted by atomic mass is 15.2. The summed E-state index contributed by atoms with van der Waals surface area (Å²) in [5.41, 5.74) is 9.16. The Kier molecular flexibility index (Phi) is 3.02. The highest BCUT2D eigenvalue weighted by molar-refractivity contribution is 5.62. The van der Waals surface area contributed by atoms with E-state index in [9.17, 15) is 0 Å². The first-order valence-corrected chi connectivity index (χ1v) is 6.45. The van der Waals surface area contributed by atoms with E-state index in [4.69, 9.17) is 5.73 Å². The van der Waals surface area contributed by atoms with Crippen molar-refractivity contribution in [3.63, 3.8) is 0 Å². The number of nitrogens with zero attached hydrogens (tertiary/aromatic N) is 1. The summed E-state index contributed by atoms with van der Waals surface area (Å²) < 4.78 is 0. The number of aromatic amines is 1. The Labute approximate surface area is 107 Å². The van der Waals surface area contributed by atoms with E-state index in [1.54, 1.807) is 0 Å². The third kappa shape index (κ3) is 2.24. The van der Waals surface area contributed by atoms with Crippen LogP contribution in [-0.2, 0) is 0 Å². The quantitative estimate of drug-likeness (QED) is 0.755. The van der Waals surface area contributed by atoms with E-state index in [0.717, 1.165) is 24.3 Å². The number of anilines is 1. The van der Waals surface area contributed by atoms with Crippen molar-refractivity contribution in [3.05, 3.63) is 35.9 Å². The van der Waals surface area contributed by atoms with Gasteiger partial charge in [-0.05, 0) is 43.0 Å². The molecule has 3 rings (SSSR count). The molecule has 0 aliphatic carbocycles. The Morgan fingerprint density at radius 2 is 1.83 bits per heavy atom. The van der Waals surface area contributed by atoms with Crippen LogP contribution in [0.1, 0.15) is 24.3 Å². The van der Waals surface area contributed by atoms with Crippen molar-refractivity contribution in [2.75, 3.05) is 18.8 Å². The van der Waals surface area contributed by atoms with Crippen molar-refractivity contribution in [2.24, 2.45) is 0 Å². The lowest BCUT2D eigenvalue weighted by atomic mass is 9.89. The molecule has 0 amide bonds. The van der Waals surface area contributed by atoms with Gasteiger partial charge in [0, 0.05) is 6.07 Å². The number of piperidine rings is 1. The number of H-pyrrole nitrogens is 1. The summed E-state index contributed by atoms with van der Waals surface area (Å²) in [5, 5.41) is 10.3. The number of hydrogen-bond acceptors (Lipinski definition) is 3. The second kappa shape index (κ2) is 4.82. The molecule has 0 bridgehead atoms. The number of nitrogens with two attached hydrogens (primary N) is 1. The van der Waals surface area contributed by atoms with Crippen molar-refractivity contribution in [1.29, 1.82) is 0 Å². The molecule has 1 aliphatic rings. The Hall–Kier alpha value is -1.81. The Morgan fingerprint density at radius 1 is 1.11 bits per heavy atom. The zero-order valence-electron chi connectivity index (χ0n) is 10.3. The number of rotatable bonds is 2. The normalized spacial score (nSPS) is 16.9. The standard InChI is InChI=1S/C14H18N4/c15-14-9-13(17-18-14)12-3-1-10(2-4-12)11-5-7-16-8-6-11/h1-4,9,11,16H,5-8H2,(H3,15,17,18). The van der Waals surface area contributed by atoms with Gasteiger partial charge in [-0.1, -0.05) is 24.3 Å². The van der Waals surface area contributed by atoms with Gasteiger partial charge in [-0.2, -0.15) is 5.10 Å². The molecule has 4 heteroatoms. The molecule has 0 spiro atoms. The molecule has 0 saturated carbocycles. The van der Waals surface area contributed by atoms with E-state index in [1.165, 1.54) is 18.4 Å². The largest absolute Gasteiger partial charge is 0.382 e. The summed E-state index contributed by atoms with van der Waals surface area (Å²) in [7, 11) is 0. The predicted molar refractivity (Wildman–Crippen MR) is 73.3 cm³/mol. The molecule has 1 aromatic carbocycles. The molecule has 1 fully saturated rings. The molecule has 0 radical (unpaired) electrons. The third-order valence-corrected chi connectivity index (χ3v) is 3.63. The van der Waals surface area contributed by atoms with Crippen LogP contribution < -0.4 is 11.1 Å². The number of benzene rings is 1. The first kappa shape index (κ1) is 11.3. The van der Waals surface area contributed by atoms with Crippen LogP contribution >= 0.6 is 0 Å². The summed E-state index contributed by atoms with van der Waals surface area (Å²) in [5.74, 6) is 1.24. The summed E-state index contributed by atoms with van der Waals surface area (Å²) in [6.07, 6.45) is 2.46. The van der Waals surface area contributed by atoms with Crippen molar-refractivity contribution < 1.29 is 0 Å². The van der Waals surface area contributed by atoms with E-state index in [0.29, 0.717) is 11.7 Å². The summed E-state index contributed by atoms with van der Waals surface area (Å²) in [6, 6.07) is 10.6. The monoisotopic (exact) mass is 242 g/mol. The van der Waals surface area contributed by atoms with Gasteiger partial charge in [0.1, 0.15) is 5.82 Å². The third-order valence-electron chi connectivity index (χ3n) is 3.63. The van der Waals surface area contributed by atoms with Gasteiger partial charge in [0.25, 0.3) is 0 Å². The maximum absolute atomic E-state index is 5.61. The molecule has 0 unspecified atom stereocenters. The van der Waals surface area contributed by atoms with Gasteiger partial charge in [0.05, 0.1) is 5.69 Å². The molecule has 0 atom stereocenters. The number of nitrogens with one attached hydrogen (secondary N) is 2. The molecule has 4 N–H and O–H groups in total. The minimum absolute atomic E-state index is 0.535. The number of hydrogen-bond donors (Lipinski definition) is 3. The minimum atomic E-state index is 0.535. The molecule has 2 aromatic rings. The van der Waals surface area contributed by atoms with E-state index >= 15 is 0 Å². The van der Waals surface area contributed by atoms with Gasteiger partial charge in [-0.25, -0.2) is 0 Å². The van der Waals surface area contributed by atoms with Crippen molar-refractivity contribution in [1.82, 2.24) is 15.5 Å². The zero-order valence-corrected chi connectivity index (χ0v) is 10.3. The maximum atomic E-state index is 5.61. The molecular weight excluding hydrogens is 224 g/mol. The average molecular weight is 242 g/mol. The van der Waals surface area contributed by atoms with Gasteiger partial charge in [0.2, 0.25) is 0 Å². The molecule has 1 saturated heterocycles. The van der Waals surface area contributed by atoms with Crippen LogP contribution in [0.5, 0.6) is 0 Å². The molecule has 94 valence electrons. The maximum Gasteiger partial charge on any atom is 0.145 e. The fraction of sp³-hybridized carbons (Fsp3) is 0.357. The fourth-order valence-corrected chi connectivity index (χ4v) is 2.58. The summed E-state index contributed by atoms with van der Waals surface area (Å²) >= 11 is 0. The van der Waals surface area contributed by atoms with Crippen molar-refractivity contribution in [3.8, 4) is 11.3 Å². The highest BCUT2D eigenvalue weighted by Crippen LogP contribution is 2.27. The number of nitrogen functional groups attached to an aromatic ring is 1. The Bertz CT molecular complexity index is 509. The molecule has 4 nitrogen and oxygen atoms in total. The highest BCUT2D eigenvalue weighted by Gasteiger charge is 2.14. The second-order valence-electron chi connectivity index (χ2n) is 4.85. The smallest absolute Gasteiger partial charge is 0.145 e. The molecule has 18 heavy (non-hydrogen) atoms. The van der Waals surface area contributed by atoms with E-state index in [2.05, 4.69) is 39.8 Å². The van der Waals surface area contributed by atoms with Crippen molar-refractivity contribution >= 4 is 5.82 Å². The van der Waals surface area contributed by atoms with Crippen LogP contribution in [0.25, 0.3) is 11.3 Å².